The molecule has 0 aromatic rings. The minimum Gasteiger partial charge on any atom is -0.377 e. The lowest BCUT2D eigenvalue weighted by Gasteiger charge is -2.34. The minimum atomic E-state index is 0.433. The van der Waals surface area contributed by atoms with Gasteiger partial charge in [0.15, 0.2) is 0 Å². The van der Waals surface area contributed by atoms with Crippen LogP contribution in [0.3, 0.4) is 0 Å². The normalized spacial score (nSPS) is 21.2. The molecule has 0 bridgehead atoms. The van der Waals surface area contributed by atoms with Gasteiger partial charge in [0.25, 0.3) is 0 Å². The van der Waals surface area contributed by atoms with Crippen LogP contribution in [-0.2, 0) is 4.74 Å². The molecule has 18 heavy (non-hydrogen) atoms. The second kappa shape index (κ2) is 6.91. The first-order chi connectivity index (χ1) is 8.29. The molecule has 1 rings (SSSR count). The summed E-state index contributed by atoms with van der Waals surface area (Å²) < 4.78 is 5.95. The van der Waals surface area contributed by atoms with E-state index in [0.717, 1.165) is 19.7 Å². The van der Waals surface area contributed by atoms with Crippen molar-refractivity contribution in [2.75, 3.05) is 19.7 Å². The van der Waals surface area contributed by atoms with Crippen molar-refractivity contribution in [3.05, 3.63) is 0 Å². The highest BCUT2D eigenvalue weighted by molar-refractivity contribution is 4.78. The smallest absolute Gasteiger partial charge is 0.0594 e. The Morgan fingerprint density at radius 3 is 2.28 bits per heavy atom. The van der Waals surface area contributed by atoms with Crippen molar-refractivity contribution in [1.29, 1.82) is 0 Å². The fraction of sp³-hybridized carbons (Fsp3) is 1.00. The van der Waals surface area contributed by atoms with Crippen molar-refractivity contribution >= 4 is 0 Å². The van der Waals surface area contributed by atoms with E-state index in [2.05, 4.69) is 39.9 Å². The molecule has 0 heterocycles. The molecule has 1 fully saturated rings. The zero-order valence-corrected chi connectivity index (χ0v) is 13.1. The van der Waals surface area contributed by atoms with Crippen LogP contribution in [0.4, 0.5) is 0 Å². The monoisotopic (exact) mass is 255 g/mol. The molecule has 1 saturated carbocycles. The molecule has 0 atom stereocenters. The molecule has 0 unspecified atom stereocenters. The summed E-state index contributed by atoms with van der Waals surface area (Å²) in [7, 11) is 0. The Balaban J connectivity index is 1.96. The maximum atomic E-state index is 5.95. The van der Waals surface area contributed by atoms with E-state index in [-0.39, 0.29) is 0 Å². The van der Waals surface area contributed by atoms with Gasteiger partial charge in [-0.25, -0.2) is 0 Å². The van der Waals surface area contributed by atoms with Crippen LogP contribution >= 0.6 is 0 Å². The van der Waals surface area contributed by atoms with Gasteiger partial charge in [-0.2, -0.15) is 0 Å². The maximum absolute atomic E-state index is 5.95. The van der Waals surface area contributed by atoms with Crippen LogP contribution in [0.2, 0.25) is 0 Å². The second-order valence-corrected chi connectivity index (χ2v) is 7.80. The first-order valence-electron chi connectivity index (χ1n) is 7.61. The van der Waals surface area contributed by atoms with Gasteiger partial charge in [-0.05, 0) is 49.5 Å². The van der Waals surface area contributed by atoms with Crippen LogP contribution in [0.25, 0.3) is 0 Å². The van der Waals surface area contributed by atoms with Crippen molar-refractivity contribution in [1.82, 2.24) is 5.32 Å². The summed E-state index contributed by atoms with van der Waals surface area (Å²) in [6.45, 7) is 14.6. The third-order valence-corrected chi connectivity index (χ3v) is 3.97. The van der Waals surface area contributed by atoms with Crippen LogP contribution in [0.1, 0.15) is 66.7 Å². The molecule has 1 aliphatic carbocycles. The predicted molar refractivity (Wildman–Crippen MR) is 78.9 cm³/mol. The number of hydrogen-bond donors (Lipinski definition) is 1. The number of hydrogen-bond acceptors (Lipinski definition) is 2. The highest BCUT2D eigenvalue weighted by Gasteiger charge is 2.26. The van der Waals surface area contributed by atoms with Crippen LogP contribution in [-0.4, -0.2) is 25.8 Å². The van der Waals surface area contributed by atoms with E-state index in [1.807, 2.05) is 0 Å². The van der Waals surface area contributed by atoms with E-state index in [1.165, 1.54) is 32.1 Å². The molecule has 1 aliphatic rings. The molecular formula is C16H33NO. The Morgan fingerprint density at radius 2 is 1.72 bits per heavy atom. The van der Waals surface area contributed by atoms with Crippen molar-refractivity contribution in [2.45, 2.75) is 72.8 Å². The lowest BCUT2D eigenvalue weighted by molar-refractivity contribution is 0.00593. The summed E-state index contributed by atoms with van der Waals surface area (Å²) in [6.07, 6.45) is 6.86. The van der Waals surface area contributed by atoms with E-state index >= 15 is 0 Å². The van der Waals surface area contributed by atoms with E-state index in [0.29, 0.717) is 16.9 Å². The van der Waals surface area contributed by atoms with E-state index in [9.17, 15) is 0 Å². The molecule has 2 heteroatoms. The Bertz CT molecular complexity index is 220. The first kappa shape index (κ1) is 16.0. The average molecular weight is 255 g/mol. The summed E-state index contributed by atoms with van der Waals surface area (Å²) in [6, 6.07) is 0. The SMILES string of the molecule is CC(C)(C)CCNCCOC1CCC(C)(C)CC1. The van der Waals surface area contributed by atoms with Crippen LogP contribution < -0.4 is 5.32 Å². The fourth-order valence-corrected chi connectivity index (χ4v) is 2.43. The number of ether oxygens (including phenoxy) is 1. The maximum Gasteiger partial charge on any atom is 0.0594 e. The third-order valence-electron chi connectivity index (χ3n) is 3.97. The van der Waals surface area contributed by atoms with Gasteiger partial charge in [0, 0.05) is 6.54 Å². The van der Waals surface area contributed by atoms with Crippen LogP contribution in [0.5, 0.6) is 0 Å². The van der Waals surface area contributed by atoms with Crippen LogP contribution in [0.15, 0.2) is 0 Å². The highest BCUT2D eigenvalue weighted by atomic mass is 16.5. The molecule has 0 amide bonds. The van der Waals surface area contributed by atoms with Gasteiger partial charge in [0.05, 0.1) is 12.7 Å². The number of rotatable bonds is 6. The zero-order valence-electron chi connectivity index (χ0n) is 13.1. The number of nitrogens with one attached hydrogen (secondary N) is 1. The predicted octanol–water partition coefficient (Wildman–Crippen LogP) is 4.00. The topological polar surface area (TPSA) is 21.3 Å². The van der Waals surface area contributed by atoms with Gasteiger partial charge >= 0.3 is 0 Å². The Morgan fingerprint density at radius 1 is 1.11 bits per heavy atom. The van der Waals surface area contributed by atoms with E-state index < -0.39 is 0 Å². The van der Waals surface area contributed by atoms with Gasteiger partial charge < -0.3 is 10.1 Å². The zero-order chi connectivity index (χ0) is 13.6. The molecule has 0 radical (unpaired) electrons. The van der Waals surface area contributed by atoms with Crippen LogP contribution in [0, 0.1) is 10.8 Å². The van der Waals surface area contributed by atoms with Crippen molar-refractivity contribution in [2.24, 2.45) is 10.8 Å². The largest absolute Gasteiger partial charge is 0.377 e. The summed E-state index contributed by atoms with van der Waals surface area (Å²) in [4.78, 5) is 0. The van der Waals surface area contributed by atoms with E-state index in [4.69, 9.17) is 4.74 Å². The molecule has 0 aromatic carbocycles. The molecule has 0 spiro atoms. The molecule has 2 nitrogen and oxygen atoms in total. The first-order valence-corrected chi connectivity index (χ1v) is 7.61. The van der Waals surface area contributed by atoms with Gasteiger partial charge in [-0.3, -0.25) is 0 Å². The third kappa shape index (κ3) is 7.38. The minimum absolute atomic E-state index is 0.433. The Hall–Kier alpha value is -0.0800. The van der Waals surface area contributed by atoms with Crippen molar-refractivity contribution < 1.29 is 4.74 Å². The van der Waals surface area contributed by atoms with Crippen molar-refractivity contribution in [3.8, 4) is 0 Å². The quantitative estimate of drug-likeness (QED) is 0.724. The molecule has 0 aliphatic heterocycles. The summed E-state index contributed by atoms with van der Waals surface area (Å²) in [5.41, 5.74) is 0.980. The summed E-state index contributed by atoms with van der Waals surface area (Å²) >= 11 is 0. The molecular weight excluding hydrogens is 222 g/mol. The van der Waals surface area contributed by atoms with Gasteiger partial charge in [-0.1, -0.05) is 34.6 Å². The van der Waals surface area contributed by atoms with Crippen molar-refractivity contribution in [3.63, 3.8) is 0 Å². The van der Waals surface area contributed by atoms with Gasteiger partial charge in [0.1, 0.15) is 0 Å². The van der Waals surface area contributed by atoms with E-state index in [1.54, 1.807) is 0 Å². The average Bonchev–Trinajstić information content (AvgIpc) is 2.23. The lowest BCUT2D eigenvalue weighted by atomic mass is 9.76. The molecule has 1 N–H and O–H groups in total. The summed E-state index contributed by atoms with van der Waals surface area (Å²) in [5, 5.41) is 3.47. The fourth-order valence-electron chi connectivity index (χ4n) is 2.43. The second-order valence-electron chi connectivity index (χ2n) is 7.80. The Kier molecular flexibility index (Phi) is 6.13. The highest BCUT2D eigenvalue weighted by Crippen LogP contribution is 2.35. The molecule has 0 saturated heterocycles. The van der Waals surface area contributed by atoms with Gasteiger partial charge in [-0.15, -0.1) is 0 Å². The lowest BCUT2D eigenvalue weighted by Crippen LogP contribution is -2.30. The Labute approximate surface area is 114 Å². The standard InChI is InChI=1S/C16H33NO/c1-15(2,3)10-11-17-12-13-18-14-6-8-16(4,5)9-7-14/h14,17H,6-13H2,1-5H3. The molecule has 0 aromatic heterocycles. The summed E-state index contributed by atoms with van der Waals surface area (Å²) in [5.74, 6) is 0. The van der Waals surface area contributed by atoms with Gasteiger partial charge in [0.2, 0.25) is 0 Å². The molecule has 108 valence electrons.